The van der Waals surface area contributed by atoms with Gasteiger partial charge in [0.25, 0.3) is 0 Å². The number of nitrogens with zero attached hydrogens (tertiary/aromatic N) is 2. The van der Waals surface area contributed by atoms with Crippen molar-refractivity contribution in [1.29, 1.82) is 0 Å². The first-order valence-electron chi connectivity index (χ1n) is 7.61. The number of thiazole rings is 1. The molecular formula is C16H23N3OS. The molecule has 0 amide bonds. The molecule has 21 heavy (non-hydrogen) atoms. The van der Waals surface area contributed by atoms with Gasteiger partial charge in [-0.3, -0.25) is 10.2 Å². The quantitative estimate of drug-likeness (QED) is 0.675. The lowest BCUT2D eigenvalue weighted by Gasteiger charge is -2.36. The van der Waals surface area contributed by atoms with Gasteiger partial charge in [0.15, 0.2) is 5.78 Å². The third-order valence-corrected chi connectivity index (χ3v) is 6.83. The van der Waals surface area contributed by atoms with E-state index in [4.69, 9.17) is 0 Å². The average Bonchev–Trinajstić information content (AvgIpc) is 3.03. The minimum atomic E-state index is 0.0704. The normalized spacial score (nSPS) is 31.9. The Hall–Kier alpha value is -1.23. The molecule has 0 spiro atoms. The zero-order chi connectivity index (χ0) is 15.4. The number of hydrogen-bond donors (Lipinski definition) is 1. The molecule has 3 rings (SSSR count). The van der Waals surface area contributed by atoms with E-state index < -0.39 is 0 Å². The number of Topliss-reactive ketones (excluding diaryl/α,β-unsaturated/α-hetero) is 1. The van der Waals surface area contributed by atoms with Crippen LogP contribution < -0.4 is 5.43 Å². The molecule has 0 radical (unpaired) electrons. The van der Waals surface area contributed by atoms with E-state index in [0.717, 1.165) is 28.0 Å². The molecule has 2 aliphatic rings. The van der Waals surface area contributed by atoms with Crippen LogP contribution in [0.4, 0.5) is 5.13 Å². The first kappa shape index (κ1) is 14.7. The molecule has 114 valence electrons. The fourth-order valence-corrected chi connectivity index (χ4v) is 4.70. The summed E-state index contributed by atoms with van der Waals surface area (Å²) in [6.45, 7) is 10.6. The third-order valence-electron chi connectivity index (χ3n) is 5.66. The Bertz CT molecular complexity index is 613. The first-order chi connectivity index (χ1) is 9.80. The van der Waals surface area contributed by atoms with Crippen LogP contribution in [0, 0.1) is 30.1 Å². The molecule has 3 atom stereocenters. The molecule has 5 heteroatoms. The number of hydrogen-bond acceptors (Lipinski definition) is 5. The van der Waals surface area contributed by atoms with Crippen molar-refractivity contribution in [2.45, 2.75) is 47.5 Å². The van der Waals surface area contributed by atoms with Crippen molar-refractivity contribution in [2.24, 2.45) is 28.3 Å². The maximum atomic E-state index is 11.5. The summed E-state index contributed by atoms with van der Waals surface area (Å²) >= 11 is 1.39. The van der Waals surface area contributed by atoms with Crippen molar-refractivity contribution in [1.82, 2.24) is 4.98 Å². The minimum Gasteiger partial charge on any atom is -0.294 e. The molecule has 1 N–H and O–H groups in total. The highest BCUT2D eigenvalue weighted by molar-refractivity contribution is 7.17. The van der Waals surface area contributed by atoms with Crippen molar-refractivity contribution in [3.63, 3.8) is 0 Å². The van der Waals surface area contributed by atoms with Crippen LogP contribution in [-0.2, 0) is 0 Å². The fourth-order valence-electron chi connectivity index (χ4n) is 3.90. The summed E-state index contributed by atoms with van der Waals surface area (Å²) in [5, 5.41) is 5.33. The van der Waals surface area contributed by atoms with Crippen LogP contribution in [0.25, 0.3) is 0 Å². The summed E-state index contributed by atoms with van der Waals surface area (Å²) < 4.78 is 0. The Morgan fingerprint density at radius 2 is 2.19 bits per heavy atom. The summed E-state index contributed by atoms with van der Waals surface area (Å²) in [5.74, 6) is 2.11. The monoisotopic (exact) mass is 305 g/mol. The second-order valence-corrected chi connectivity index (χ2v) is 8.06. The molecule has 4 nitrogen and oxygen atoms in total. The van der Waals surface area contributed by atoms with E-state index in [2.05, 4.69) is 36.3 Å². The molecule has 1 aromatic rings. The minimum absolute atomic E-state index is 0.0704. The lowest BCUT2D eigenvalue weighted by atomic mass is 9.69. The number of hydrazone groups is 1. The number of anilines is 1. The summed E-state index contributed by atoms with van der Waals surface area (Å²) in [6, 6.07) is 0. The summed E-state index contributed by atoms with van der Waals surface area (Å²) in [4.78, 5) is 16.6. The number of rotatable bonds is 3. The predicted octanol–water partition coefficient (Wildman–Crippen LogP) is 4.12. The molecule has 2 fully saturated rings. The molecule has 2 saturated carbocycles. The second kappa shape index (κ2) is 4.90. The summed E-state index contributed by atoms with van der Waals surface area (Å²) in [6.07, 6.45) is 2.36. The first-order valence-corrected chi connectivity index (χ1v) is 8.43. The highest BCUT2D eigenvalue weighted by Crippen LogP contribution is 2.57. The maximum Gasteiger partial charge on any atom is 0.204 e. The highest BCUT2D eigenvalue weighted by atomic mass is 32.1. The van der Waals surface area contributed by atoms with E-state index in [-0.39, 0.29) is 5.78 Å². The number of aromatic nitrogens is 1. The maximum absolute atomic E-state index is 11.5. The Morgan fingerprint density at radius 1 is 1.48 bits per heavy atom. The smallest absolute Gasteiger partial charge is 0.204 e. The van der Waals surface area contributed by atoms with E-state index in [9.17, 15) is 4.79 Å². The Morgan fingerprint density at radius 3 is 2.71 bits per heavy atom. The number of ketones is 1. The van der Waals surface area contributed by atoms with Gasteiger partial charge in [-0.15, -0.1) is 0 Å². The molecule has 0 saturated heterocycles. The molecule has 2 bridgehead atoms. The van der Waals surface area contributed by atoms with E-state index in [1.54, 1.807) is 6.92 Å². The number of carbonyl (C=O) groups excluding carboxylic acids is 1. The zero-order valence-corrected chi connectivity index (χ0v) is 14.2. The SMILES string of the molecule is CC(=O)c1sc(NN=C2C[C@H]3C[C@H]2[C@H](C)C3(C)C)nc1C. The number of nitrogens with one attached hydrogen (secondary N) is 1. The van der Waals surface area contributed by atoms with Crippen LogP contribution in [-0.4, -0.2) is 16.5 Å². The van der Waals surface area contributed by atoms with Gasteiger partial charge in [-0.2, -0.15) is 5.10 Å². The molecule has 0 unspecified atom stereocenters. The Kier molecular flexibility index (Phi) is 3.43. The number of fused-ring (bicyclic) bond motifs is 2. The fraction of sp³-hybridized carbons (Fsp3) is 0.688. The van der Waals surface area contributed by atoms with Crippen LogP contribution in [0.2, 0.25) is 0 Å². The van der Waals surface area contributed by atoms with Crippen LogP contribution in [0.5, 0.6) is 0 Å². The highest BCUT2D eigenvalue weighted by Gasteiger charge is 2.53. The molecule has 0 aromatic carbocycles. The van der Waals surface area contributed by atoms with E-state index in [1.807, 2.05) is 6.92 Å². The third kappa shape index (κ3) is 2.31. The summed E-state index contributed by atoms with van der Waals surface area (Å²) in [7, 11) is 0. The number of aryl methyl sites for hydroxylation is 1. The van der Waals surface area contributed by atoms with Crippen LogP contribution >= 0.6 is 11.3 Å². The van der Waals surface area contributed by atoms with E-state index in [0.29, 0.717) is 17.3 Å². The Balaban J connectivity index is 1.74. The zero-order valence-electron chi connectivity index (χ0n) is 13.4. The standard InChI is InChI=1S/C16H23N3OS/c1-8-12-6-11(16(8,4)5)7-13(12)18-19-15-17-9(2)14(21-15)10(3)20/h8,11-12H,6-7H2,1-5H3,(H,17,19)/t8-,11+,12-/m0/s1. The van der Waals surface area contributed by atoms with Gasteiger partial charge >= 0.3 is 0 Å². The van der Waals surface area contributed by atoms with E-state index >= 15 is 0 Å². The van der Waals surface area contributed by atoms with Crippen molar-refractivity contribution in [3.05, 3.63) is 10.6 Å². The predicted molar refractivity (Wildman–Crippen MR) is 87.1 cm³/mol. The lowest BCUT2D eigenvalue weighted by Crippen LogP contribution is -2.33. The largest absolute Gasteiger partial charge is 0.294 e. The van der Waals surface area contributed by atoms with Crippen molar-refractivity contribution in [3.8, 4) is 0 Å². The molecule has 2 aliphatic carbocycles. The van der Waals surface area contributed by atoms with Crippen LogP contribution in [0.15, 0.2) is 5.10 Å². The molecule has 1 heterocycles. The van der Waals surface area contributed by atoms with Crippen LogP contribution in [0.1, 0.15) is 55.9 Å². The second-order valence-electron chi connectivity index (χ2n) is 7.06. The van der Waals surface area contributed by atoms with Crippen molar-refractivity contribution >= 4 is 28.0 Å². The van der Waals surface area contributed by atoms with Crippen molar-refractivity contribution < 1.29 is 4.79 Å². The van der Waals surface area contributed by atoms with Gasteiger partial charge in [-0.05, 0) is 37.0 Å². The average molecular weight is 305 g/mol. The molecular weight excluding hydrogens is 282 g/mol. The molecule has 1 aromatic heterocycles. The van der Waals surface area contributed by atoms with Gasteiger partial charge in [0.1, 0.15) is 0 Å². The van der Waals surface area contributed by atoms with Gasteiger partial charge in [0, 0.05) is 18.6 Å². The number of carbonyl (C=O) groups is 1. The van der Waals surface area contributed by atoms with Gasteiger partial charge in [0.05, 0.1) is 10.6 Å². The Labute approximate surface area is 130 Å². The van der Waals surface area contributed by atoms with E-state index in [1.165, 1.54) is 23.5 Å². The van der Waals surface area contributed by atoms with Gasteiger partial charge < -0.3 is 0 Å². The van der Waals surface area contributed by atoms with Crippen molar-refractivity contribution in [2.75, 3.05) is 5.43 Å². The topological polar surface area (TPSA) is 54.4 Å². The van der Waals surface area contributed by atoms with Gasteiger partial charge in [-0.25, -0.2) is 4.98 Å². The van der Waals surface area contributed by atoms with Gasteiger partial charge in [0.2, 0.25) is 5.13 Å². The molecule has 0 aliphatic heterocycles. The van der Waals surface area contributed by atoms with Gasteiger partial charge in [-0.1, -0.05) is 32.1 Å². The lowest BCUT2D eigenvalue weighted by molar-refractivity contribution is 0.102. The summed E-state index contributed by atoms with van der Waals surface area (Å²) in [5.41, 5.74) is 5.58. The van der Waals surface area contributed by atoms with Crippen LogP contribution in [0.3, 0.4) is 0 Å².